The van der Waals surface area contributed by atoms with E-state index in [4.69, 9.17) is 44.3 Å². The van der Waals surface area contributed by atoms with E-state index in [1.54, 1.807) is 12.1 Å². The molecular weight excluding hydrogens is 411 g/mol. The number of hydrogen-bond acceptors (Lipinski definition) is 4. The summed E-state index contributed by atoms with van der Waals surface area (Å²) in [5.41, 5.74) is 0.228. The first-order chi connectivity index (χ1) is 12.8. The van der Waals surface area contributed by atoms with Crippen molar-refractivity contribution in [2.75, 3.05) is 6.61 Å². The summed E-state index contributed by atoms with van der Waals surface area (Å²) in [6, 6.07) is 9.04. The molecule has 0 saturated carbocycles. The smallest absolute Gasteiger partial charge is 0.344 e. The Bertz CT molecular complexity index is 811. The van der Waals surface area contributed by atoms with Crippen LogP contribution in [0.5, 0.6) is 5.75 Å². The minimum Gasteiger partial charge on any atom is -0.462 e. The summed E-state index contributed by atoms with van der Waals surface area (Å²) >= 11 is 17.8. The van der Waals surface area contributed by atoms with Crippen LogP contribution < -0.4 is 4.74 Å². The second-order valence-electron chi connectivity index (χ2n) is 6.31. The first-order valence-electron chi connectivity index (χ1n) is 8.42. The zero-order valence-corrected chi connectivity index (χ0v) is 17.2. The van der Waals surface area contributed by atoms with Crippen LogP contribution in [-0.2, 0) is 4.74 Å². The molecule has 0 atom stereocenters. The zero-order valence-electron chi connectivity index (χ0n) is 14.9. The highest BCUT2D eigenvalue weighted by Gasteiger charge is 2.20. The van der Waals surface area contributed by atoms with Gasteiger partial charge in [-0.3, -0.25) is 0 Å². The van der Waals surface area contributed by atoms with Crippen molar-refractivity contribution >= 4 is 46.7 Å². The number of esters is 2. The van der Waals surface area contributed by atoms with Crippen LogP contribution in [0.3, 0.4) is 0 Å². The minimum atomic E-state index is -0.723. The van der Waals surface area contributed by atoms with Gasteiger partial charge in [-0.1, -0.05) is 60.8 Å². The molecule has 0 N–H and O–H groups in total. The second-order valence-corrected chi connectivity index (χ2v) is 7.50. The lowest BCUT2D eigenvalue weighted by atomic mass is 10.1. The average molecular weight is 430 g/mol. The van der Waals surface area contributed by atoms with Crippen molar-refractivity contribution in [1.82, 2.24) is 0 Å². The van der Waals surface area contributed by atoms with E-state index in [2.05, 4.69) is 13.8 Å². The van der Waals surface area contributed by atoms with Crippen molar-refractivity contribution in [3.8, 4) is 5.75 Å². The van der Waals surface area contributed by atoms with Crippen LogP contribution in [0.2, 0.25) is 15.1 Å². The van der Waals surface area contributed by atoms with Gasteiger partial charge in [0, 0.05) is 12.1 Å². The molecule has 0 heterocycles. The van der Waals surface area contributed by atoms with Gasteiger partial charge >= 0.3 is 11.9 Å². The Kier molecular flexibility index (Phi) is 7.96. The van der Waals surface area contributed by atoms with Gasteiger partial charge in [0.25, 0.3) is 0 Å². The molecule has 4 nitrogen and oxygen atoms in total. The lowest BCUT2D eigenvalue weighted by molar-refractivity contribution is 0.0486. The van der Waals surface area contributed by atoms with Crippen LogP contribution in [0.4, 0.5) is 0 Å². The van der Waals surface area contributed by atoms with Gasteiger partial charge in [-0.2, -0.15) is 0 Å². The number of ether oxygens (including phenoxy) is 2. The molecular formula is C20H19Cl3O4. The van der Waals surface area contributed by atoms with Crippen molar-refractivity contribution in [2.24, 2.45) is 5.92 Å². The van der Waals surface area contributed by atoms with Gasteiger partial charge in [-0.15, -0.1) is 0 Å². The van der Waals surface area contributed by atoms with E-state index in [9.17, 15) is 9.59 Å². The monoisotopic (exact) mass is 428 g/mol. The fourth-order valence-electron chi connectivity index (χ4n) is 2.33. The maximum Gasteiger partial charge on any atom is 0.344 e. The van der Waals surface area contributed by atoms with Crippen LogP contribution in [0.15, 0.2) is 36.4 Å². The van der Waals surface area contributed by atoms with Crippen LogP contribution in [0, 0.1) is 5.92 Å². The molecule has 2 aromatic carbocycles. The Morgan fingerprint density at radius 1 is 0.963 bits per heavy atom. The normalized spacial score (nSPS) is 10.7. The first kappa shape index (κ1) is 21.5. The molecule has 0 aliphatic carbocycles. The number of carbonyl (C=O) groups is 2. The molecule has 0 aromatic heterocycles. The van der Waals surface area contributed by atoms with Gasteiger partial charge in [0.2, 0.25) is 0 Å². The van der Waals surface area contributed by atoms with E-state index in [1.807, 2.05) is 0 Å². The molecule has 0 fully saturated rings. The predicted molar refractivity (Wildman–Crippen MR) is 107 cm³/mol. The van der Waals surface area contributed by atoms with Gasteiger partial charge < -0.3 is 9.47 Å². The fourth-order valence-corrected chi connectivity index (χ4v) is 2.90. The SMILES string of the molecule is CC(C)CCCOC(=O)c1ccccc1C(=O)Oc1cc(Cl)c(Cl)c(Cl)c1. The van der Waals surface area contributed by atoms with E-state index in [0.29, 0.717) is 12.5 Å². The highest BCUT2D eigenvalue weighted by molar-refractivity contribution is 6.48. The number of benzene rings is 2. The number of hydrogen-bond donors (Lipinski definition) is 0. The molecule has 2 aromatic rings. The molecule has 0 aliphatic rings. The lowest BCUT2D eigenvalue weighted by Gasteiger charge is -2.11. The van der Waals surface area contributed by atoms with Crippen molar-refractivity contribution in [2.45, 2.75) is 26.7 Å². The van der Waals surface area contributed by atoms with Gasteiger partial charge in [-0.05, 0) is 30.9 Å². The third kappa shape index (κ3) is 6.13. The highest BCUT2D eigenvalue weighted by atomic mass is 35.5. The van der Waals surface area contributed by atoms with Gasteiger partial charge in [0.15, 0.2) is 0 Å². The molecule has 0 unspecified atom stereocenters. The number of carbonyl (C=O) groups excluding carboxylic acids is 2. The fraction of sp³-hybridized carbons (Fsp3) is 0.300. The molecule has 2 rings (SSSR count). The molecule has 0 aliphatic heterocycles. The summed E-state index contributed by atoms with van der Waals surface area (Å²) in [4.78, 5) is 24.8. The second kappa shape index (κ2) is 9.98. The topological polar surface area (TPSA) is 52.6 Å². The number of rotatable bonds is 7. The van der Waals surface area contributed by atoms with Gasteiger partial charge in [0.1, 0.15) is 5.75 Å². The van der Waals surface area contributed by atoms with E-state index >= 15 is 0 Å². The van der Waals surface area contributed by atoms with E-state index in [1.165, 1.54) is 24.3 Å². The molecule has 0 amide bonds. The molecule has 27 heavy (non-hydrogen) atoms. The molecule has 144 valence electrons. The molecule has 7 heteroatoms. The van der Waals surface area contributed by atoms with Crippen molar-refractivity contribution in [3.05, 3.63) is 62.6 Å². The van der Waals surface area contributed by atoms with E-state index in [-0.39, 0.29) is 31.9 Å². The lowest BCUT2D eigenvalue weighted by Crippen LogP contribution is -2.16. The van der Waals surface area contributed by atoms with Gasteiger partial charge in [0.05, 0.1) is 32.8 Å². The number of halogens is 3. The Balaban J connectivity index is 2.12. The third-order valence-corrected chi connectivity index (χ3v) is 4.89. The molecule has 0 spiro atoms. The summed E-state index contributed by atoms with van der Waals surface area (Å²) in [6.07, 6.45) is 1.72. The minimum absolute atomic E-state index is 0.0913. The van der Waals surface area contributed by atoms with Crippen LogP contribution in [0.25, 0.3) is 0 Å². The van der Waals surface area contributed by atoms with Crippen LogP contribution >= 0.6 is 34.8 Å². The Morgan fingerprint density at radius 2 is 1.52 bits per heavy atom. The highest BCUT2D eigenvalue weighted by Crippen LogP contribution is 2.34. The summed E-state index contributed by atoms with van der Waals surface area (Å²) in [5.74, 6) is -0.638. The first-order valence-corrected chi connectivity index (χ1v) is 9.56. The summed E-state index contributed by atoms with van der Waals surface area (Å²) in [5, 5.41) is 0.484. The van der Waals surface area contributed by atoms with Crippen LogP contribution in [-0.4, -0.2) is 18.5 Å². The molecule has 0 bridgehead atoms. The van der Waals surface area contributed by atoms with Gasteiger partial charge in [-0.25, -0.2) is 9.59 Å². The Labute approximate surface area is 173 Å². The molecule has 0 saturated heterocycles. The van der Waals surface area contributed by atoms with Crippen molar-refractivity contribution in [1.29, 1.82) is 0 Å². The van der Waals surface area contributed by atoms with E-state index in [0.717, 1.165) is 12.8 Å². The standard InChI is InChI=1S/C20H19Cl3O4/c1-12(2)6-5-9-26-19(24)14-7-3-4-8-15(14)20(25)27-13-10-16(21)18(23)17(22)11-13/h3-4,7-8,10-12H,5-6,9H2,1-2H3. The Morgan fingerprint density at radius 3 is 2.07 bits per heavy atom. The largest absolute Gasteiger partial charge is 0.462 e. The summed E-state index contributed by atoms with van der Waals surface area (Å²) < 4.78 is 10.6. The zero-order chi connectivity index (χ0) is 20.0. The maximum absolute atomic E-state index is 12.5. The summed E-state index contributed by atoms with van der Waals surface area (Å²) in [6.45, 7) is 4.49. The predicted octanol–water partition coefficient (Wildman–Crippen LogP) is 6.46. The average Bonchev–Trinajstić information content (AvgIpc) is 2.62. The van der Waals surface area contributed by atoms with Crippen molar-refractivity contribution in [3.63, 3.8) is 0 Å². The maximum atomic E-state index is 12.5. The quantitative estimate of drug-likeness (QED) is 0.219. The third-order valence-electron chi connectivity index (χ3n) is 3.69. The van der Waals surface area contributed by atoms with E-state index < -0.39 is 11.9 Å². The molecule has 0 radical (unpaired) electrons. The summed E-state index contributed by atoms with van der Waals surface area (Å²) in [7, 11) is 0. The Hall–Kier alpha value is -1.75. The van der Waals surface area contributed by atoms with Crippen molar-refractivity contribution < 1.29 is 19.1 Å². The van der Waals surface area contributed by atoms with Crippen LogP contribution in [0.1, 0.15) is 47.4 Å².